The molecule has 0 atom stereocenters. The fourth-order valence-electron chi connectivity index (χ4n) is 2.69. The fraction of sp³-hybridized carbons (Fsp3) is 0.474. The van der Waals surface area contributed by atoms with Crippen LogP contribution in [0.4, 0.5) is 0 Å². The molecule has 1 aromatic heterocycles. The summed E-state index contributed by atoms with van der Waals surface area (Å²) in [5, 5.41) is 10.8. The van der Waals surface area contributed by atoms with Crippen molar-refractivity contribution in [2.75, 3.05) is 13.7 Å². The summed E-state index contributed by atoms with van der Waals surface area (Å²) in [7, 11) is 1.67. The van der Waals surface area contributed by atoms with Crippen molar-refractivity contribution in [3.8, 4) is 5.75 Å². The lowest BCUT2D eigenvalue weighted by Crippen LogP contribution is -2.37. The van der Waals surface area contributed by atoms with E-state index in [4.69, 9.17) is 9.26 Å². The smallest absolute Gasteiger partial charge is 0.191 e. The standard InChI is InChI=1S/C19H27BrN4O2.HI/c1-5-16-15(17(6-2)26-24-16)12-23-19(21-7-3)22-11-13-10-14(20)8-9-18(13)25-4;/h8-10H,5-7,11-12H2,1-4H3,(H2,21,22,23);1H. The summed E-state index contributed by atoms with van der Waals surface area (Å²) in [6.07, 6.45) is 1.68. The van der Waals surface area contributed by atoms with Gasteiger partial charge in [0.2, 0.25) is 0 Å². The van der Waals surface area contributed by atoms with Crippen LogP contribution >= 0.6 is 39.9 Å². The average molecular weight is 551 g/mol. The summed E-state index contributed by atoms with van der Waals surface area (Å²) in [5.74, 6) is 2.51. The third-order valence-electron chi connectivity index (χ3n) is 4.03. The number of aromatic nitrogens is 1. The number of nitrogens with one attached hydrogen (secondary N) is 2. The Morgan fingerprint density at radius 2 is 2.00 bits per heavy atom. The van der Waals surface area contributed by atoms with Gasteiger partial charge in [0.25, 0.3) is 0 Å². The maximum absolute atomic E-state index is 5.43. The second-order valence-electron chi connectivity index (χ2n) is 5.74. The van der Waals surface area contributed by atoms with Crippen molar-refractivity contribution in [3.05, 3.63) is 45.3 Å². The van der Waals surface area contributed by atoms with E-state index >= 15 is 0 Å². The van der Waals surface area contributed by atoms with E-state index in [-0.39, 0.29) is 24.0 Å². The molecular weight excluding hydrogens is 523 g/mol. The molecule has 2 rings (SSSR count). The van der Waals surface area contributed by atoms with E-state index in [1.54, 1.807) is 7.11 Å². The first kappa shape index (κ1) is 23.7. The summed E-state index contributed by atoms with van der Waals surface area (Å²) in [6.45, 7) is 8.14. The number of guanidine groups is 1. The van der Waals surface area contributed by atoms with Gasteiger partial charge in [0.1, 0.15) is 11.5 Å². The summed E-state index contributed by atoms with van der Waals surface area (Å²) in [4.78, 5) is 4.69. The Labute approximate surface area is 186 Å². The molecule has 0 radical (unpaired) electrons. The quantitative estimate of drug-likeness (QED) is 0.289. The highest BCUT2D eigenvalue weighted by molar-refractivity contribution is 14.0. The number of hydrogen-bond acceptors (Lipinski definition) is 4. The molecule has 8 heteroatoms. The van der Waals surface area contributed by atoms with Crippen LogP contribution in [-0.4, -0.2) is 24.8 Å². The zero-order valence-corrected chi connectivity index (χ0v) is 20.2. The molecule has 27 heavy (non-hydrogen) atoms. The van der Waals surface area contributed by atoms with Crippen molar-refractivity contribution in [1.82, 2.24) is 15.8 Å². The molecule has 0 aliphatic carbocycles. The van der Waals surface area contributed by atoms with Crippen LogP contribution in [0.5, 0.6) is 5.75 Å². The van der Waals surface area contributed by atoms with Crippen LogP contribution in [0.15, 0.2) is 32.2 Å². The number of nitrogens with zero attached hydrogens (tertiary/aromatic N) is 2. The predicted octanol–water partition coefficient (Wildman–Crippen LogP) is 4.44. The molecule has 0 saturated carbocycles. The number of aliphatic imine (C=N–C) groups is 1. The highest BCUT2D eigenvalue weighted by Gasteiger charge is 2.13. The molecule has 2 aromatic rings. The molecule has 2 N–H and O–H groups in total. The van der Waals surface area contributed by atoms with Crippen LogP contribution in [0.1, 0.15) is 43.4 Å². The zero-order valence-electron chi connectivity index (χ0n) is 16.3. The monoisotopic (exact) mass is 550 g/mol. The molecule has 1 heterocycles. The van der Waals surface area contributed by atoms with E-state index in [2.05, 4.69) is 50.6 Å². The minimum absolute atomic E-state index is 0. The SMILES string of the molecule is CCNC(=NCc1cc(Br)ccc1OC)NCc1c(CC)noc1CC.I. The lowest BCUT2D eigenvalue weighted by Gasteiger charge is -2.13. The van der Waals surface area contributed by atoms with Crippen molar-refractivity contribution < 1.29 is 9.26 Å². The Morgan fingerprint density at radius 1 is 1.22 bits per heavy atom. The topological polar surface area (TPSA) is 71.7 Å². The van der Waals surface area contributed by atoms with Gasteiger partial charge in [-0.15, -0.1) is 24.0 Å². The molecular formula is C19H28BrIN4O2. The van der Waals surface area contributed by atoms with Gasteiger partial charge in [0.15, 0.2) is 5.96 Å². The molecule has 0 unspecified atom stereocenters. The molecule has 0 bridgehead atoms. The highest BCUT2D eigenvalue weighted by atomic mass is 127. The summed E-state index contributed by atoms with van der Waals surface area (Å²) < 4.78 is 11.9. The van der Waals surface area contributed by atoms with Crippen molar-refractivity contribution in [1.29, 1.82) is 0 Å². The van der Waals surface area contributed by atoms with Gasteiger partial charge in [0, 0.05) is 35.1 Å². The Balaban J connectivity index is 0.00000364. The molecule has 0 spiro atoms. The first-order chi connectivity index (χ1) is 12.6. The molecule has 0 aliphatic heterocycles. The molecule has 0 fully saturated rings. The van der Waals surface area contributed by atoms with Gasteiger partial charge in [0.05, 0.1) is 19.3 Å². The minimum atomic E-state index is 0. The normalized spacial score (nSPS) is 11.1. The Morgan fingerprint density at radius 3 is 2.63 bits per heavy atom. The summed E-state index contributed by atoms with van der Waals surface area (Å²) in [5.41, 5.74) is 3.15. The predicted molar refractivity (Wildman–Crippen MR) is 123 cm³/mol. The van der Waals surface area contributed by atoms with E-state index in [0.29, 0.717) is 13.1 Å². The largest absolute Gasteiger partial charge is 0.496 e. The van der Waals surface area contributed by atoms with E-state index in [1.165, 1.54) is 0 Å². The van der Waals surface area contributed by atoms with Crippen molar-refractivity contribution >= 4 is 45.9 Å². The van der Waals surface area contributed by atoms with Crippen molar-refractivity contribution in [3.63, 3.8) is 0 Å². The molecule has 6 nitrogen and oxygen atoms in total. The minimum Gasteiger partial charge on any atom is -0.496 e. The van der Waals surface area contributed by atoms with Crippen LogP contribution in [0.25, 0.3) is 0 Å². The van der Waals surface area contributed by atoms with Crippen LogP contribution in [0.3, 0.4) is 0 Å². The highest BCUT2D eigenvalue weighted by Crippen LogP contribution is 2.23. The third kappa shape index (κ3) is 6.67. The number of benzene rings is 1. The van der Waals surface area contributed by atoms with Crippen LogP contribution in [0, 0.1) is 0 Å². The average Bonchev–Trinajstić information content (AvgIpc) is 3.06. The number of hydrogen-bond donors (Lipinski definition) is 2. The molecule has 0 saturated heterocycles. The summed E-state index contributed by atoms with van der Waals surface area (Å²) >= 11 is 3.50. The number of aryl methyl sites for hydroxylation is 2. The van der Waals surface area contributed by atoms with Gasteiger partial charge < -0.3 is 19.9 Å². The van der Waals surface area contributed by atoms with Crippen LogP contribution < -0.4 is 15.4 Å². The van der Waals surface area contributed by atoms with Crippen LogP contribution in [0.2, 0.25) is 0 Å². The lowest BCUT2D eigenvalue weighted by molar-refractivity contribution is 0.380. The Hall–Kier alpha value is -1.29. The van der Waals surface area contributed by atoms with Gasteiger partial charge in [-0.3, -0.25) is 0 Å². The number of halogens is 2. The second-order valence-corrected chi connectivity index (χ2v) is 6.66. The lowest BCUT2D eigenvalue weighted by atomic mass is 10.1. The van der Waals surface area contributed by atoms with E-state index in [9.17, 15) is 0 Å². The van der Waals surface area contributed by atoms with Gasteiger partial charge in [-0.25, -0.2) is 4.99 Å². The Bertz CT molecular complexity index is 728. The number of ether oxygens (including phenoxy) is 1. The maximum atomic E-state index is 5.43. The van der Waals surface area contributed by atoms with Crippen molar-refractivity contribution in [2.24, 2.45) is 4.99 Å². The van der Waals surface area contributed by atoms with Gasteiger partial charge >= 0.3 is 0 Å². The fourth-order valence-corrected chi connectivity index (χ4v) is 3.10. The number of methoxy groups -OCH3 is 1. The van der Waals surface area contributed by atoms with E-state index in [1.807, 2.05) is 25.1 Å². The molecule has 150 valence electrons. The van der Waals surface area contributed by atoms with Gasteiger partial charge in [-0.1, -0.05) is 34.9 Å². The zero-order chi connectivity index (χ0) is 18.9. The Kier molecular flexibility index (Phi) is 10.8. The second kappa shape index (κ2) is 12.2. The van der Waals surface area contributed by atoms with E-state index < -0.39 is 0 Å². The third-order valence-corrected chi connectivity index (χ3v) is 4.53. The molecule has 1 aromatic carbocycles. The van der Waals surface area contributed by atoms with E-state index in [0.717, 1.165) is 58.1 Å². The summed E-state index contributed by atoms with van der Waals surface area (Å²) in [6, 6.07) is 5.92. The number of rotatable bonds is 8. The van der Waals surface area contributed by atoms with Gasteiger partial charge in [-0.05, 0) is 31.5 Å². The van der Waals surface area contributed by atoms with Crippen molar-refractivity contribution in [2.45, 2.75) is 46.7 Å². The van der Waals surface area contributed by atoms with Crippen LogP contribution in [-0.2, 0) is 25.9 Å². The first-order valence-corrected chi connectivity index (χ1v) is 9.73. The molecule has 0 amide bonds. The maximum Gasteiger partial charge on any atom is 0.191 e. The van der Waals surface area contributed by atoms with Gasteiger partial charge in [-0.2, -0.15) is 0 Å². The first-order valence-electron chi connectivity index (χ1n) is 8.93. The molecule has 0 aliphatic rings.